The Morgan fingerprint density at radius 3 is 2.62 bits per heavy atom. The Morgan fingerprint density at radius 1 is 1.12 bits per heavy atom. The predicted molar refractivity (Wildman–Crippen MR) is 63.6 cm³/mol. The standard InChI is InChI=1S/C12H23N3O/c1-2-14(9-11-7-13-8-11)10-12(1)15-3-5-16-6-4-15/h11-13H,1-10H2. The zero-order chi connectivity index (χ0) is 10.8. The second-order valence-corrected chi connectivity index (χ2v) is 5.37. The van der Waals surface area contributed by atoms with Gasteiger partial charge in [0, 0.05) is 45.3 Å². The lowest BCUT2D eigenvalue weighted by molar-refractivity contribution is 0.0181. The van der Waals surface area contributed by atoms with E-state index in [1.54, 1.807) is 0 Å². The van der Waals surface area contributed by atoms with Crippen LogP contribution in [0.4, 0.5) is 0 Å². The van der Waals surface area contributed by atoms with Crippen molar-refractivity contribution in [2.75, 3.05) is 59.0 Å². The van der Waals surface area contributed by atoms with Crippen molar-refractivity contribution in [3.05, 3.63) is 0 Å². The van der Waals surface area contributed by atoms with E-state index < -0.39 is 0 Å². The molecule has 0 aromatic heterocycles. The van der Waals surface area contributed by atoms with E-state index in [-0.39, 0.29) is 0 Å². The largest absolute Gasteiger partial charge is 0.379 e. The molecule has 0 spiro atoms. The van der Waals surface area contributed by atoms with Crippen LogP contribution in [0.15, 0.2) is 0 Å². The van der Waals surface area contributed by atoms with Gasteiger partial charge in [0.2, 0.25) is 0 Å². The van der Waals surface area contributed by atoms with Gasteiger partial charge in [0.05, 0.1) is 13.2 Å². The molecule has 3 aliphatic rings. The van der Waals surface area contributed by atoms with E-state index in [9.17, 15) is 0 Å². The van der Waals surface area contributed by atoms with Crippen LogP contribution in [-0.4, -0.2) is 74.9 Å². The van der Waals surface area contributed by atoms with Gasteiger partial charge in [0.1, 0.15) is 0 Å². The van der Waals surface area contributed by atoms with Crippen LogP contribution in [0.3, 0.4) is 0 Å². The number of hydrogen-bond donors (Lipinski definition) is 1. The molecule has 4 nitrogen and oxygen atoms in total. The Bertz CT molecular complexity index is 226. The van der Waals surface area contributed by atoms with Crippen molar-refractivity contribution in [1.29, 1.82) is 0 Å². The SMILES string of the molecule is C1CN(C2CCN(CC3CNC3)C2)CCO1. The van der Waals surface area contributed by atoms with E-state index in [2.05, 4.69) is 15.1 Å². The minimum Gasteiger partial charge on any atom is -0.379 e. The van der Waals surface area contributed by atoms with Gasteiger partial charge in [0.25, 0.3) is 0 Å². The molecule has 4 heteroatoms. The monoisotopic (exact) mass is 225 g/mol. The summed E-state index contributed by atoms with van der Waals surface area (Å²) in [5, 5.41) is 3.36. The number of nitrogens with zero attached hydrogens (tertiary/aromatic N) is 2. The third-order valence-corrected chi connectivity index (χ3v) is 4.19. The number of rotatable bonds is 3. The second-order valence-electron chi connectivity index (χ2n) is 5.37. The molecule has 0 aromatic carbocycles. The highest BCUT2D eigenvalue weighted by Crippen LogP contribution is 2.18. The molecule has 0 radical (unpaired) electrons. The van der Waals surface area contributed by atoms with Crippen LogP contribution in [0.1, 0.15) is 6.42 Å². The Labute approximate surface area is 97.9 Å². The fourth-order valence-corrected chi connectivity index (χ4v) is 3.06. The smallest absolute Gasteiger partial charge is 0.0594 e. The minimum absolute atomic E-state index is 0.803. The van der Waals surface area contributed by atoms with Crippen LogP contribution in [0.2, 0.25) is 0 Å². The van der Waals surface area contributed by atoms with Gasteiger partial charge in [0.15, 0.2) is 0 Å². The van der Waals surface area contributed by atoms with Crippen LogP contribution < -0.4 is 5.32 Å². The Hall–Kier alpha value is -0.160. The molecule has 3 saturated heterocycles. The van der Waals surface area contributed by atoms with Gasteiger partial charge in [-0.3, -0.25) is 4.90 Å². The summed E-state index contributed by atoms with van der Waals surface area (Å²) in [6.07, 6.45) is 1.36. The summed E-state index contributed by atoms with van der Waals surface area (Å²) in [6, 6.07) is 0.803. The van der Waals surface area contributed by atoms with Gasteiger partial charge in [-0.2, -0.15) is 0 Å². The second kappa shape index (κ2) is 5.00. The quantitative estimate of drug-likeness (QED) is 0.708. The maximum Gasteiger partial charge on any atom is 0.0594 e. The molecule has 92 valence electrons. The highest BCUT2D eigenvalue weighted by molar-refractivity contribution is 4.87. The van der Waals surface area contributed by atoms with Crippen molar-refractivity contribution < 1.29 is 4.74 Å². The lowest BCUT2D eigenvalue weighted by Crippen LogP contribution is -2.49. The fraction of sp³-hybridized carbons (Fsp3) is 1.00. The van der Waals surface area contributed by atoms with Crippen LogP contribution in [-0.2, 0) is 4.74 Å². The van der Waals surface area contributed by atoms with E-state index in [0.29, 0.717) is 0 Å². The van der Waals surface area contributed by atoms with Gasteiger partial charge in [-0.25, -0.2) is 0 Å². The maximum absolute atomic E-state index is 5.41. The van der Waals surface area contributed by atoms with E-state index >= 15 is 0 Å². The highest BCUT2D eigenvalue weighted by Gasteiger charge is 2.30. The molecule has 3 aliphatic heterocycles. The minimum atomic E-state index is 0.803. The first-order valence-corrected chi connectivity index (χ1v) is 6.67. The molecule has 16 heavy (non-hydrogen) atoms. The average Bonchev–Trinajstić information content (AvgIpc) is 2.73. The molecule has 3 fully saturated rings. The molecule has 0 amide bonds. The molecule has 3 heterocycles. The number of ether oxygens (including phenoxy) is 1. The molecule has 0 saturated carbocycles. The molecular formula is C12H23N3O. The summed E-state index contributed by atoms with van der Waals surface area (Å²) < 4.78 is 5.41. The predicted octanol–water partition coefficient (Wildman–Crippen LogP) is -0.388. The first kappa shape index (κ1) is 11.0. The summed E-state index contributed by atoms with van der Waals surface area (Å²) >= 11 is 0. The number of morpholine rings is 1. The van der Waals surface area contributed by atoms with Crippen LogP contribution in [0, 0.1) is 5.92 Å². The molecule has 0 aliphatic carbocycles. The summed E-state index contributed by atoms with van der Waals surface area (Å²) in [7, 11) is 0. The molecular weight excluding hydrogens is 202 g/mol. The zero-order valence-electron chi connectivity index (χ0n) is 10.0. The lowest BCUT2D eigenvalue weighted by atomic mass is 10.0. The van der Waals surface area contributed by atoms with E-state index in [1.807, 2.05) is 0 Å². The summed E-state index contributed by atoms with van der Waals surface area (Å²) in [5.74, 6) is 0.920. The molecule has 1 N–H and O–H groups in total. The van der Waals surface area contributed by atoms with Crippen molar-refractivity contribution in [2.45, 2.75) is 12.5 Å². The van der Waals surface area contributed by atoms with Crippen molar-refractivity contribution in [2.24, 2.45) is 5.92 Å². The van der Waals surface area contributed by atoms with Crippen molar-refractivity contribution in [1.82, 2.24) is 15.1 Å². The zero-order valence-corrected chi connectivity index (χ0v) is 10.0. The van der Waals surface area contributed by atoms with Crippen LogP contribution >= 0.6 is 0 Å². The number of likely N-dealkylation sites (tertiary alicyclic amines) is 1. The first-order valence-electron chi connectivity index (χ1n) is 6.67. The van der Waals surface area contributed by atoms with Crippen molar-refractivity contribution in [3.63, 3.8) is 0 Å². The van der Waals surface area contributed by atoms with Gasteiger partial charge in [-0.15, -0.1) is 0 Å². The lowest BCUT2D eigenvalue weighted by Gasteiger charge is -2.34. The Balaban J connectivity index is 1.44. The molecule has 1 atom stereocenters. The van der Waals surface area contributed by atoms with Crippen molar-refractivity contribution >= 4 is 0 Å². The van der Waals surface area contributed by atoms with Gasteiger partial charge >= 0.3 is 0 Å². The summed E-state index contributed by atoms with van der Waals surface area (Å²) in [6.45, 7) is 10.5. The van der Waals surface area contributed by atoms with Gasteiger partial charge < -0.3 is 15.0 Å². The molecule has 0 bridgehead atoms. The Kier molecular flexibility index (Phi) is 3.43. The third-order valence-electron chi connectivity index (χ3n) is 4.19. The first-order chi connectivity index (χ1) is 7.92. The normalized spacial score (nSPS) is 34.1. The fourth-order valence-electron chi connectivity index (χ4n) is 3.06. The van der Waals surface area contributed by atoms with E-state index in [4.69, 9.17) is 4.74 Å². The van der Waals surface area contributed by atoms with Crippen molar-refractivity contribution in [3.8, 4) is 0 Å². The topological polar surface area (TPSA) is 27.7 Å². The van der Waals surface area contributed by atoms with Crippen LogP contribution in [0.25, 0.3) is 0 Å². The molecule has 0 aromatic rings. The average molecular weight is 225 g/mol. The third kappa shape index (κ3) is 2.40. The summed E-state index contributed by atoms with van der Waals surface area (Å²) in [5.41, 5.74) is 0. The molecule has 3 rings (SSSR count). The Morgan fingerprint density at radius 2 is 1.94 bits per heavy atom. The van der Waals surface area contributed by atoms with Crippen LogP contribution in [0.5, 0.6) is 0 Å². The maximum atomic E-state index is 5.41. The highest BCUT2D eigenvalue weighted by atomic mass is 16.5. The summed E-state index contributed by atoms with van der Waals surface area (Å²) in [4.78, 5) is 5.29. The number of hydrogen-bond acceptors (Lipinski definition) is 4. The van der Waals surface area contributed by atoms with E-state index in [0.717, 1.165) is 38.3 Å². The number of nitrogens with one attached hydrogen (secondary N) is 1. The van der Waals surface area contributed by atoms with E-state index in [1.165, 1.54) is 39.1 Å². The molecule has 1 unspecified atom stereocenters. The van der Waals surface area contributed by atoms with Gasteiger partial charge in [-0.1, -0.05) is 0 Å². The van der Waals surface area contributed by atoms with Gasteiger partial charge in [-0.05, 0) is 18.9 Å².